The minimum atomic E-state index is -0.591. The highest BCUT2D eigenvalue weighted by Crippen LogP contribution is 2.28. The molecule has 2 heterocycles. The number of aliphatic hydroxyl groups is 3. The van der Waals surface area contributed by atoms with Crippen LogP contribution in [0.15, 0.2) is 23.8 Å². The maximum Gasteiger partial charge on any atom is 0.334 e. The normalized spacial score (nSPS) is 22.7. The standard InChI is InChI=1S/C37H66O6/c1-3-4-5-6-7-8-9-10-11-12-13-14-18-21-24-33(39)35-27-28-36(43-35)34(40)26-25-32(38)23-20-17-15-16-19-22-31-29-30(2)42-37(31)41/h14,18,29-30,32-36,38-40H,3-13,15-17,19-28H2,1-2H3/b18-14-/t30-,32+,33+,34+,35+,36+/m0/s1. The molecule has 6 atom stereocenters. The molecule has 6 heteroatoms. The molecule has 0 aromatic heterocycles. The quantitative estimate of drug-likeness (QED) is 0.0492. The smallest absolute Gasteiger partial charge is 0.334 e. The second kappa shape index (κ2) is 24.1. The molecule has 0 aromatic carbocycles. The fourth-order valence-electron chi connectivity index (χ4n) is 6.43. The Labute approximate surface area is 263 Å². The summed E-state index contributed by atoms with van der Waals surface area (Å²) in [5, 5.41) is 31.6. The van der Waals surface area contributed by atoms with Crippen LogP contribution in [0.3, 0.4) is 0 Å². The first-order valence-electron chi connectivity index (χ1n) is 18.2. The van der Waals surface area contributed by atoms with Crippen LogP contribution in [0.5, 0.6) is 0 Å². The third-order valence-corrected chi connectivity index (χ3v) is 9.23. The molecule has 2 aliphatic rings. The summed E-state index contributed by atoms with van der Waals surface area (Å²) < 4.78 is 11.2. The Morgan fingerprint density at radius 2 is 1.28 bits per heavy atom. The van der Waals surface area contributed by atoms with Crippen LogP contribution >= 0.6 is 0 Å². The van der Waals surface area contributed by atoms with Gasteiger partial charge in [0.1, 0.15) is 6.10 Å². The molecule has 0 saturated carbocycles. The Hall–Kier alpha value is -1.21. The van der Waals surface area contributed by atoms with Gasteiger partial charge in [0.15, 0.2) is 0 Å². The van der Waals surface area contributed by atoms with Crippen LogP contribution in [0.4, 0.5) is 0 Å². The topological polar surface area (TPSA) is 96.2 Å². The van der Waals surface area contributed by atoms with Crippen molar-refractivity contribution in [2.45, 2.75) is 205 Å². The molecule has 0 aromatic rings. The van der Waals surface area contributed by atoms with E-state index in [1.54, 1.807) is 0 Å². The zero-order valence-electron chi connectivity index (χ0n) is 27.7. The van der Waals surface area contributed by atoms with Crippen molar-refractivity contribution < 1.29 is 29.6 Å². The van der Waals surface area contributed by atoms with Gasteiger partial charge in [-0.3, -0.25) is 0 Å². The first-order valence-corrected chi connectivity index (χ1v) is 18.2. The van der Waals surface area contributed by atoms with Crippen LogP contribution in [0, 0.1) is 0 Å². The maximum absolute atomic E-state index is 11.6. The van der Waals surface area contributed by atoms with Gasteiger partial charge < -0.3 is 24.8 Å². The van der Waals surface area contributed by atoms with Gasteiger partial charge in [0.2, 0.25) is 0 Å². The van der Waals surface area contributed by atoms with E-state index in [0.717, 1.165) is 76.2 Å². The molecule has 1 saturated heterocycles. The monoisotopic (exact) mass is 606 g/mol. The number of ether oxygens (including phenoxy) is 2. The van der Waals surface area contributed by atoms with E-state index in [4.69, 9.17) is 9.47 Å². The summed E-state index contributed by atoms with van der Waals surface area (Å²) in [6.45, 7) is 4.16. The van der Waals surface area contributed by atoms with E-state index in [2.05, 4.69) is 19.1 Å². The van der Waals surface area contributed by atoms with E-state index in [-0.39, 0.29) is 24.3 Å². The van der Waals surface area contributed by atoms with Crippen molar-refractivity contribution in [2.24, 2.45) is 0 Å². The highest BCUT2D eigenvalue weighted by atomic mass is 16.5. The van der Waals surface area contributed by atoms with Gasteiger partial charge in [0.25, 0.3) is 0 Å². The molecule has 2 aliphatic heterocycles. The average molecular weight is 607 g/mol. The van der Waals surface area contributed by atoms with E-state index in [1.807, 2.05) is 13.0 Å². The van der Waals surface area contributed by atoms with Crippen LogP contribution in [0.25, 0.3) is 0 Å². The molecule has 250 valence electrons. The molecule has 0 radical (unpaired) electrons. The highest BCUT2D eigenvalue weighted by molar-refractivity contribution is 5.90. The summed E-state index contributed by atoms with van der Waals surface area (Å²) in [6, 6.07) is 0. The number of carbonyl (C=O) groups excluding carboxylic acids is 1. The summed E-state index contributed by atoms with van der Waals surface area (Å²) in [6.07, 6.45) is 30.1. The van der Waals surface area contributed by atoms with Crippen LogP contribution in [-0.2, 0) is 14.3 Å². The first kappa shape index (κ1) is 38.0. The van der Waals surface area contributed by atoms with E-state index < -0.39 is 18.3 Å². The minimum Gasteiger partial charge on any atom is -0.455 e. The summed E-state index contributed by atoms with van der Waals surface area (Å²) in [5.74, 6) is -0.162. The second-order valence-corrected chi connectivity index (χ2v) is 13.3. The van der Waals surface area contributed by atoms with Gasteiger partial charge in [-0.25, -0.2) is 4.79 Å². The van der Waals surface area contributed by atoms with Crippen molar-refractivity contribution in [2.75, 3.05) is 0 Å². The molecule has 0 amide bonds. The lowest BCUT2D eigenvalue weighted by Crippen LogP contribution is -2.31. The lowest BCUT2D eigenvalue weighted by Gasteiger charge is -2.22. The van der Waals surface area contributed by atoms with Gasteiger partial charge in [-0.1, -0.05) is 103 Å². The Bertz CT molecular complexity index is 764. The molecule has 0 bridgehead atoms. The van der Waals surface area contributed by atoms with E-state index in [0.29, 0.717) is 19.3 Å². The molecule has 3 N–H and O–H groups in total. The number of aliphatic hydroxyl groups excluding tert-OH is 3. The largest absolute Gasteiger partial charge is 0.455 e. The number of allylic oxidation sites excluding steroid dienone is 2. The molecule has 0 aliphatic carbocycles. The van der Waals surface area contributed by atoms with Crippen LogP contribution < -0.4 is 0 Å². The Morgan fingerprint density at radius 3 is 1.91 bits per heavy atom. The summed E-state index contributed by atoms with van der Waals surface area (Å²) in [5.41, 5.74) is 0.815. The third-order valence-electron chi connectivity index (χ3n) is 9.23. The van der Waals surface area contributed by atoms with Gasteiger partial charge in [0, 0.05) is 5.57 Å². The Balaban J connectivity index is 1.41. The number of unbranched alkanes of at least 4 members (excludes halogenated alkanes) is 14. The van der Waals surface area contributed by atoms with Crippen molar-refractivity contribution in [3.63, 3.8) is 0 Å². The predicted molar refractivity (Wildman–Crippen MR) is 176 cm³/mol. The number of hydrogen-bond acceptors (Lipinski definition) is 6. The second-order valence-electron chi connectivity index (χ2n) is 13.3. The molecule has 0 spiro atoms. The lowest BCUT2D eigenvalue weighted by atomic mass is 9.99. The zero-order chi connectivity index (χ0) is 31.1. The molecule has 0 unspecified atom stereocenters. The predicted octanol–water partition coefficient (Wildman–Crippen LogP) is 8.65. The van der Waals surface area contributed by atoms with E-state index >= 15 is 0 Å². The summed E-state index contributed by atoms with van der Waals surface area (Å²) in [4.78, 5) is 11.6. The van der Waals surface area contributed by atoms with Crippen molar-refractivity contribution >= 4 is 5.97 Å². The Kier molecular flexibility index (Phi) is 21.3. The van der Waals surface area contributed by atoms with Crippen molar-refractivity contribution in [3.8, 4) is 0 Å². The molecular formula is C37H66O6. The van der Waals surface area contributed by atoms with Gasteiger partial charge in [-0.15, -0.1) is 0 Å². The fourth-order valence-corrected chi connectivity index (χ4v) is 6.43. The Morgan fingerprint density at radius 1 is 0.721 bits per heavy atom. The number of cyclic esters (lactones) is 1. The minimum absolute atomic E-state index is 0.0860. The number of esters is 1. The SMILES string of the molecule is CCCCCCCCCCCC/C=C\CC[C@@H](O)[C@H]1CC[C@H]([C@H](O)CC[C@H](O)CCCCCCCC2=C[C@H](C)OC2=O)O1. The van der Waals surface area contributed by atoms with Gasteiger partial charge >= 0.3 is 5.97 Å². The summed E-state index contributed by atoms with van der Waals surface area (Å²) >= 11 is 0. The first-order chi connectivity index (χ1) is 20.9. The number of hydrogen-bond donors (Lipinski definition) is 3. The third kappa shape index (κ3) is 17.8. The number of rotatable bonds is 27. The molecule has 2 rings (SSSR count). The average Bonchev–Trinajstić information content (AvgIpc) is 3.61. The lowest BCUT2D eigenvalue weighted by molar-refractivity contribution is -0.139. The number of carbonyl (C=O) groups is 1. The fraction of sp³-hybridized carbons (Fsp3) is 0.865. The molecule has 43 heavy (non-hydrogen) atoms. The van der Waals surface area contributed by atoms with Crippen LogP contribution in [0.2, 0.25) is 0 Å². The van der Waals surface area contributed by atoms with Crippen molar-refractivity contribution in [1.29, 1.82) is 0 Å². The molecule has 1 fully saturated rings. The highest BCUT2D eigenvalue weighted by Gasteiger charge is 2.34. The van der Waals surface area contributed by atoms with Crippen LogP contribution in [-0.4, -0.2) is 57.9 Å². The zero-order valence-corrected chi connectivity index (χ0v) is 27.7. The van der Waals surface area contributed by atoms with Gasteiger partial charge in [0.05, 0.1) is 30.5 Å². The van der Waals surface area contributed by atoms with E-state index in [9.17, 15) is 20.1 Å². The van der Waals surface area contributed by atoms with Crippen molar-refractivity contribution in [3.05, 3.63) is 23.8 Å². The van der Waals surface area contributed by atoms with Crippen molar-refractivity contribution in [1.82, 2.24) is 0 Å². The van der Waals surface area contributed by atoms with E-state index in [1.165, 1.54) is 64.2 Å². The molecular weight excluding hydrogens is 540 g/mol. The summed E-state index contributed by atoms with van der Waals surface area (Å²) in [7, 11) is 0. The maximum atomic E-state index is 11.6. The van der Waals surface area contributed by atoms with Crippen LogP contribution in [0.1, 0.15) is 168 Å². The van der Waals surface area contributed by atoms with Gasteiger partial charge in [-0.2, -0.15) is 0 Å². The molecule has 6 nitrogen and oxygen atoms in total. The van der Waals surface area contributed by atoms with Gasteiger partial charge in [-0.05, 0) is 83.6 Å².